The Hall–Kier alpha value is -5.92. The number of thiophene rings is 1. The summed E-state index contributed by atoms with van der Waals surface area (Å²) < 4.78 is 3.47. The maximum absolute atomic E-state index is 15.1. The van der Waals surface area contributed by atoms with Gasteiger partial charge in [0.2, 0.25) is 0 Å². The molecule has 7 heteroatoms. The van der Waals surface area contributed by atoms with Crippen LogP contribution in [0, 0.1) is 13.8 Å². The molecule has 236 valence electrons. The van der Waals surface area contributed by atoms with Crippen molar-refractivity contribution in [3.63, 3.8) is 0 Å². The fourth-order valence-corrected chi connectivity index (χ4v) is 7.14. The van der Waals surface area contributed by atoms with E-state index in [1.165, 1.54) is 11.3 Å². The summed E-state index contributed by atoms with van der Waals surface area (Å²) in [5, 5.41) is 9.10. The molecule has 0 unspecified atom stereocenters. The Kier molecular flexibility index (Phi) is 8.60. The first-order chi connectivity index (χ1) is 23.5. The number of hydrogen-bond donors (Lipinski definition) is 2. The molecule has 48 heavy (non-hydrogen) atoms. The normalized spacial score (nSPS) is 11.1. The lowest BCUT2D eigenvalue weighted by Crippen LogP contribution is -2.33. The Morgan fingerprint density at radius 2 is 0.917 bits per heavy atom. The largest absolute Gasteiger partial charge is 0.355 e. The van der Waals surface area contributed by atoms with E-state index in [9.17, 15) is 0 Å². The van der Waals surface area contributed by atoms with Crippen LogP contribution in [0.1, 0.15) is 33.3 Å². The van der Waals surface area contributed by atoms with Crippen molar-refractivity contribution < 1.29 is 0 Å². The SMILES string of the molecule is Cc1cc(Nc2ccccc2)c(C(c2cccs2)c2c(Nc3ccccc3)cc(C)n(-c3ccccc3)c2=O)c(=O)n1-c1ccccc1. The Morgan fingerprint density at radius 1 is 0.521 bits per heavy atom. The second-order valence-corrected chi connectivity index (χ2v) is 12.6. The summed E-state index contributed by atoms with van der Waals surface area (Å²) in [6.07, 6.45) is 0. The molecule has 4 aromatic carbocycles. The topological polar surface area (TPSA) is 68.1 Å². The van der Waals surface area contributed by atoms with Crippen LogP contribution < -0.4 is 21.8 Å². The van der Waals surface area contributed by atoms with Crippen molar-refractivity contribution in [3.05, 3.63) is 199 Å². The predicted octanol–water partition coefficient (Wildman–Crippen LogP) is 9.33. The number of para-hydroxylation sites is 4. The first-order valence-electron chi connectivity index (χ1n) is 15.8. The molecule has 0 saturated carbocycles. The van der Waals surface area contributed by atoms with Gasteiger partial charge in [-0.05, 0) is 86.0 Å². The molecule has 6 nitrogen and oxygen atoms in total. The Morgan fingerprint density at radius 3 is 1.29 bits per heavy atom. The molecule has 0 saturated heterocycles. The van der Waals surface area contributed by atoms with Gasteiger partial charge in [0.15, 0.2) is 0 Å². The number of aryl methyl sites for hydroxylation is 2. The Labute approximate surface area is 283 Å². The molecule has 2 N–H and O–H groups in total. The van der Waals surface area contributed by atoms with Crippen molar-refractivity contribution in [3.8, 4) is 11.4 Å². The summed E-state index contributed by atoms with van der Waals surface area (Å²) in [7, 11) is 0. The van der Waals surface area contributed by atoms with Crippen LogP contribution in [-0.2, 0) is 0 Å². The lowest BCUT2D eigenvalue weighted by molar-refractivity contribution is 0.843. The van der Waals surface area contributed by atoms with Gasteiger partial charge in [-0.1, -0.05) is 78.9 Å². The van der Waals surface area contributed by atoms with E-state index in [1.54, 1.807) is 9.13 Å². The molecule has 3 heterocycles. The number of hydrogen-bond acceptors (Lipinski definition) is 5. The van der Waals surface area contributed by atoms with Crippen molar-refractivity contribution in [1.82, 2.24) is 9.13 Å². The van der Waals surface area contributed by atoms with Crippen LogP contribution in [0.15, 0.2) is 161 Å². The third-order valence-corrected chi connectivity index (χ3v) is 9.34. The van der Waals surface area contributed by atoms with E-state index in [1.807, 2.05) is 165 Å². The maximum atomic E-state index is 15.1. The van der Waals surface area contributed by atoms with Crippen LogP contribution in [0.25, 0.3) is 11.4 Å². The molecule has 3 aromatic heterocycles. The summed E-state index contributed by atoms with van der Waals surface area (Å²) in [6.45, 7) is 3.87. The van der Waals surface area contributed by atoms with Crippen LogP contribution in [0.3, 0.4) is 0 Å². The quantitative estimate of drug-likeness (QED) is 0.164. The Balaban J connectivity index is 1.58. The molecule has 0 aliphatic heterocycles. The maximum Gasteiger partial charge on any atom is 0.261 e. The van der Waals surface area contributed by atoms with Gasteiger partial charge in [0.05, 0.1) is 17.0 Å². The minimum absolute atomic E-state index is 0.199. The molecular weight excluding hydrogens is 613 g/mol. The van der Waals surface area contributed by atoms with Crippen LogP contribution >= 0.6 is 11.3 Å². The van der Waals surface area contributed by atoms with Gasteiger partial charge < -0.3 is 10.6 Å². The number of nitrogens with one attached hydrogen (secondary N) is 2. The molecule has 0 aliphatic carbocycles. The molecule has 7 aromatic rings. The number of anilines is 4. The lowest BCUT2D eigenvalue weighted by atomic mass is 9.88. The molecule has 0 amide bonds. The van der Waals surface area contributed by atoms with E-state index in [0.717, 1.165) is 39.0 Å². The van der Waals surface area contributed by atoms with Crippen molar-refractivity contribution in [1.29, 1.82) is 0 Å². The number of nitrogens with zero attached hydrogens (tertiary/aromatic N) is 2. The predicted molar refractivity (Wildman–Crippen MR) is 198 cm³/mol. The first-order valence-corrected chi connectivity index (χ1v) is 16.7. The number of rotatable bonds is 9. The van der Waals surface area contributed by atoms with Crippen LogP contribution in [0.4, 0.5) is 22.7 Å². The van der Waals surface area contributed by atoms with E-state index in [2.05, 4.69) is 10.6 Å². The van der Waals surface area contributed by atoms with E-state index >= 15 is 9.59 Å². The van der Waals surface area contributed by atoms with E-state index in [0.29, 0.717) is 22.5 Å². The zero-order chi connectivity index (χ0) is 33.0. The van der Waals surface area contributed by atoms with E-state index in [4.69, 9.17) is 0 Å². The monoisotopic (exact) mass is 646 g/mol. The zero-order valence-corrected chi connectivity index (χ0v) is 27.4. The summed E-state index contributed by atoms with van der Waals surface area (Å²) in [5.74, 6) is -0.714. The lowest BCUT2D eigenvalue weighted by Gasteiger charge is -2.26. The minimum atomic E-state index is -0.714. The standard InChI is InChI=1S/C41H34N4O2S/c1-28-26-34(42-30-16-7-3-8-17-30)37(40(46)44(28)32-20-11-5-12-21-32)39(36-24-15-25-48-36)38-35(43-31-18-9-4-10-19-31)27-29(2)45(41(38)47)33-22-13-6-14-23-33/h3-27,39,42-43H,1-2H3. The van der Waals surface area contributed by atoms with E-state index in [-0.39, 0.29) is 11.1 Å². The van der Waals surface area contributed by atoms with Gasteiger partial charge in [0.1, 0.15) is 0 Å². The average molecular weight is 647 g/mol. The molecule has 0 bridgehead atoms. The molecule has 0 aliphatic rings. The van der Waals surface area contributed by atoms with Crippen molar-refractivity contribution in [2.24, 2.45) is 0 Å². The van der Waals surface area contributed by atoms with Gasteiger partial charge in [-0.2, -0.15) is 0 Å². The van der Waals surface area contributed by atoms with Gasteiger partial charge in [-0.25, -0.2) is 0 Å². The van der Waals surface area contributed by atoms with Gasteiger partial charge in [-0.3, -0.25) is 18.7 Å². The summed E-state index contributed by atoms with van der Waals surface area (Å²) in [4.78, 5) is 31.1. The van der Waals surface area contributed by atoms with Crippen molar-refractivity contribution >= 4 is 34.1 Å². The molecule has 0 atom stereocenters. The van der Waals surface area contributed by atoms with Crippen molar-refractivity contribution in [2.45, 2.75) is 19.8 Å². The molecule has 0 fully saturated rings. The molecule has 0 spiro atoms. The highest BCUT2D eigenvalue weighted by Gasteiger charge is 2.32. The summed E-state index contributed by atoms with van der Waals surface area (Å²) >= 11 is 1.53. The summed E-state index contributed by atoms with van der Waals surface area (Å²) in [5.41, 5.74) is 6.58. The number of benzene rings is 4. The van der Waals surface area contributed by atoms with Crippen LogP contribution in [-0.4, -0.2) is 9.13 Å². The van der Waals surface area contributed by atoms with Gasteiger partial charge in [0, 0.05) is 50.4 Å². The van der Waals surface area contributed by atoms with Gasteiger partial charge >= 0.3 is 0 Å². The average Bonchev–Trinajstić information content (AvgIpc) is 3.64. The number of pyridine rings is 2. The van der Waals surface area contributed by atoms with Crippen LogP contribution in [0.5, 0.6) is 0 Å². The summed E-state index contributed by atoms with van der Waals surface area (Å²) in [6, 6.07) is 46.9. The first kappa shape index (κ1) is 30.7. The Bertz CT molecular complexity index is 2130. The molecular formula is C41H34N4O2S. The highest BCUT2D eigenvalue weighted by atomic mass is 32.1. The second kappa shape index (κ2) is 13.4. The van der Waals surface area contributed by atoms with Crippen LogP contribution in [0.2, 0.25) is 0 Å². The third-order valence-electron chi connectivity index (χ3n) is 8.40. The molecule has 0 radical (unpaired) electrons. The minimum Gasteiger partial charge on any atom is -0.355 e. The fraction of sp³-hybridized carbons (Fsp3) is 0.0732. The highest BCUT2D eigenvalue weighted by molar-refractivity contribution is 7.10. The zero-order valence-electron chi connectivity index (χ0n) is 26.6. The molecule has 7 rings (SSSR count). The van der Waals surface area contributed by atoms with Gasteiger partial charge in [0.25, 0.3) is 11.1 Å². The highest BCUT2D eigenvalue weighted by Crippen LogP contribution is 2.40. The smallest absolute Gasteiger partial charge is 0.261 e. The fourth-order valence-electron chi connectivity index (χ4n) is 6.29. The van der Waals surface area contributed by atoms with E-state index < -0.39 is 5.92 Å². The van der Waals surface area contributed by atoms with Gasteiger partial charge in [-0.15, -0.1) is 11.3 Å². The van der Waals surface area contributed by atoms with Crippen molar-refractivity contribution in [2.75, 3.05) is 10.6 Å². The third kappa shape index (κ3) is 5.99. The second-order valence-electron chi connectivity index (χ2n) is 11.6. The number of aromatic nitrogens is 2.